The minimum Gasteiger partial charge on any atom is -0.376 e. The van der Waals surface area contributed by atoms with Crippen LogP contribution >= 0.6 is 27.3 Å². The molecule has 0 bridgehead atoms. The van der Waals surface area contributed by atoms with Crippen LogP contribution in [0.1, 0.15) is 31.7 Å². The number of nitrogens with one attached hydrogen (secondary N) is 1. The second-order valence-electron chi connectivity index (χ2n) is 6.11. The Morgan fingerprint density at radius 3 is 3.04 bits per heavy atom. The van der Waals surface area contributed by atoms with E-state index in [2.05, 4.69) is 21.2 Å². The summed E-state index contributed by atoms with van der Waals surface area (Å²) in [5.74, 6) is -0.221. The lowest BCUT2D eigenvalue weighted by atomic mass is 10.0. The zero-order valence-electron chi connectivity index (χ0n) is 13.5. The number of hydrogen-bond donors (Lipinski definition) is 1. The Morgan fingerprint density at radius 1 is 1.36 bits per heavy atom. The Balaban J connectivity index is 1.67. The molecule has 5 nitrogen and oxygen atoms in total. The summed E-state index contributed by atoms with van der Waals surface area (Å²) in [5.41, 5.74) is 1.91. The predicted octanol–water partition coefficient (Wildman–Crippen LogP) is 2.90. The van der Waals surface area contributed by atoms with Gasteiger partial charge in [0, 0.05) is 28.9 Å². The van der Waals surface area contributed by atoms with Gasteiger partial charge in [-0.3, -0.25) is 9.59 Å². The molecule has 0 aliphatic carbocycles. The molecule has 1 saturated heterocycles. The molecule has 25 heavy (non-hydrogen) atoms. The number of nitrogens with zero attached hydrogens (tertiary/aromatic N) is 1. The van der Waals surface area contributed by atoms with E-state index >= 15 is 0 Å². The molecule has 130 valence electrons. The van der Waals surface area contributed by atoms with E-state index in [-0.39, 0.29) is 11.8 Å². The Labute approximate surface area is 158 Å². The second-order valence-corrected chi connectivity index (χ2v) is 8.16. The summed E-state index contributed by atoms with van der Waals surface area (Å²) in [7, 11) is 0. The highest BCUT2D eigenvalue weighted by Crippen LogP contribution is 2.32. The van der Waals surface area contributed by atoms with Crippen LogP contribution in [0.15, 0.2) is 34.8 Å². The number of fused-ring (bicyclic) bond motifs is 1. The van der Waals surface area contributed by atoms with Crippen molar-refractivity contribution in [2.24, 2.45) is 0 Å². The Hall–Kier alpha value is -1.70. The summed E-state index contributed by atoms with van der Waals surface area (Å²) in [4.78, 5) is 29.2. The number of thiophene rings is 1. The molecule has 1 fully saturated rings. The highest BCUT2D eigenvalue weighted by Gasteiger charge is 2.35. The minimum absolute atomic E-state index is 0.0841. The zero-order valence-corrected chi connectivity index (χ0v) is 15.9. The summed E-state index contributed by atoms with van der Waals surface area (Å²) < 4.78 is 6.36. The quantitative estimate of drug-likeness (QED) is 0.812. The van der Waals surface area contributed by atoms with E-state index < -0.39 is 6.04 Å². The molecular formula is C18H17BrN2O3S. The molecule has 4 rings (SSSR count). The molecule has 1 N–H and O–H groups in total. The number of benzene rings is 1. The van der Waals surface area contributed by atoms with Crippen LogP contribution in [0.25, 0.3) is 0 Å². The Kier molecular flexibility index (Phi) is 4.62. The molecule has 2 aromatic rings. The van der Waals surface area contributed by atoms with Gasteiger partial charge in [0.15, 0.2) is 0 Å². The van der Waals surface area contributed by atoms with Gasteiger partial charge in [0.05, 0.1) is 18.1 Å². The molecule has 2 aliphatic heterocycles. The fourth-order valence-corrected chi connectivity index (χ4v) is 4.81. The molecule has 0 spiro atoms. The Bertz CT molecular complexity index is 812. The van der Waals surface area contributed by atoms with Crippen LogP contribution in [0.5, 0.6) is 0 Å². The molecule has 1 aromatic carbocycles. The lowest BCUT2D eigenvalue weighted by Crippen LogP contribution is -2.52. The van der Waals surface area contributed by atoms with Gasteiger partial charge in [-0.05, 0) is 29.3 Å². The number of carbonyl (C=O) groups is 2. The summed E-state index contributed by atoms with van der Waals surface area (Å²) in [6.07, 6.45) is 0.850. The number of piperazine rings is 1. The largest absolute Gasteiger partial charge is 0.376 e. The minimum atomic E-state index is -0.603. The van der Waals surface area contributed by atoms with Crippen molar-refractivity contribution >= 4 is 39.1 Å². The van der Waals surface area contributed by atoms with Crippen LogP contribution in [0, 0.1) is 0 Å². The monoisotopic (exact) mass is 420 g/mol. The Morgan fingerprint density at radius 2 is 2.24 bits per heavy atom. The predicted molar refractivity (Wildman–Crippen MR) is 98.6 cm³/mol. The van der Waals surface area contributed by atoms with Crippen molar-refractivity contribution in [2.45, 2.75) is 19.1 Å². The smallest absolute Gasteiger partial charge is 0.264 e. The molecule has 2 aliphatic rings. The van der Waals surface area contributed by atoms with Crippen LogP contribution in [0.3, 0.4) is 0 Å². The van der Waals surface area contributed by atoms with E-state index in [1.165, 1.54) is 16.2 Å². The van der Waals surface area contributed by atoms with E-state index in [0.29, 0.717) is 31.2 Å². The average Bonchev–Trinajstić information content (AvgIpc) is 3.05. The number of halogens is 1. The van der Waals surface area contributed by atoms with E-state index in [9.17, 15) is 9.59 Å². The number of hydrogen-bond acceptors (Lipinski definition) is 4. The summed E-state index contributed by atoms with van der Waals surface area (Å²) in [5, 5.41) is 2.87. The maximum absolute atomic E-state index is 13.1. The zero-order chi connectivity index (χ0) is 17.4. The van der Waals surface area contributed by atoms with Crippen LogP contribution < -0.4 is 5.32 Å². The van der Waals surface area contributed by atoms with Crippen molar-refractivity contribution in [3.8, 4) is 0 Å². The maximum atomic E-state index is 13.1. The fourth-order valence-electron chi connectivity index (χ4n) is 3.29. The first kappa shape index (κ1) is 16.8. The summed E-state index contributed by atoms with van der Waals surface area (Å²) in [6, 6.07) is 8.88. The van der Waals surface area contributed by atoms with Gasteiger partial charge >= 0.3 is 0 Å². The van der Waals surface area contributed by atoms with E-state index in [1.807, 2.05) is 30.3 Å². The first-order chi connectivity index (χ1) is 12.1. The van der Waals surface area contributed by atoms with Crippen LogP contribution in [0.2, 0.25) is 0 Å². The van der Waals surface area contributed by atoms with Crippen molar-refractivity contribution in [2.75, 3.05) is 19.7 Å². The maximum Gasteiger partial charge on any atom is 0.264 e. The first-order valence-electron chi connectivity index (χ1n) is 8.17. The van der Waals surface area contributed by atoms with Crippen molar-refractivity contribution in [3.05, 3.63) is 55.7 Å². The normalized spacial score (nSPS) is 20.1. The molecular weight excluding hydrogens is 404 g/mol. The third-order valence-corrected chi connectivity index (χ3v) is 6.19. The fraction of sp³-hybridized carbons (Fsp3) is 0.333. The first-order valence-corrected chi connectivity index (χ1v) is 9.78. The SMILES string of the molecule is O=C1NCCN(C(=O)c2cc3c(s2)CCOC3)C1c1cccc(Br)c1. The molecule has 1 aromatic heterocycles. The number of ether oxygens (including phenoxy) is 1. The van der Waals surface area contributed by atoms with Crippen molar-refractivity contribution in [3.63, 3.8) is 0 Å². The molecule has 0 radical (unpaired) electrons. The molecule has 2 amide bonds. The molecule has 7 heteroatoms. The van der Waals surface area contributed by atoms with Gasteiger partial charge in [-0.1, -0.05) is 28.1 Å². The van der Waals surface area contributed by atoms with Crippen molar-refractivity contribution in [1.29, 1.82) is 0 Å². The van der Waals surface area contributed by atoms with Crippen molar-refractivity contribution in [1.82, 2.24) is 10.2 Å². The van der Waals surface area contributed by atoms with Crippen LogP contribution in [-0.2, 0) is 22.6 Å². The topological polar surface area (TPSA) is 58.6 Å². The van der Waals surface area contributed by atoms with Crippen LogP contribution in [0.4, 0.5) is 0 Å². The molecule has 3 heterocycles. The van der Waals surface area contributed by atoms with E-state index in [4.69, 9.17) is 4.74 Å². The van der Waals surface area contributed by atoms with Gasteiger partial charge < -0.3 is 15.0 Å². The van der Waals surface area contributed by atoms with Gasteiger partial charge in [0.2, 0.25) is 5.91 Å². The molecule has 0 saturated carbocycles. The summed E-state index contributed by atoms with van der Waals surface area (Å²) in [6.45, 7) is 2.24. The average molecular weight is 421 g/mol. The van der Waals surface area contributed by atoms with Gasteiger partial charge in [-0.2, -0.15) is 0 Å². The molecule has 1 unspecified atom stereocenters. The van der Waals surface area contributed by atoms with Crippen molar-refractivity contribution < 1.29 is 14.3 Å². The van der Waals surface area contributed by atoms with E-state index in [1.54, 1.807) is 4.90 Å². The number of carbonyl (C=O) groups excluding carboxylic acids is 2. The van der Waals surface area contributed by atoms with Gasteiger partial charge in [-0.25, -0.2) is 0 Å². The third kappa shape index (κ3) is 3.23. The lowest BCUT2D eigenvalue weighted by Gasteiger charge is -2.35. The van der Waals surface area contributed by atoms with E-state index in [0.717, 1.165) is 22.0 Å². The van der Waals surface area contributed by atoms with Gasteiger partial charge in [0.25, 0.3) is 5.91 Å². The lowest BCUT2D eigenvalue weighted by molar-refractivity contribution is -0.128. The highest BCUT2D eigenvalue weighted by atomic mass is 79.9. The van der Waals surface area contributed by atoms with Crippen LogP contribution in [-0.4, -0.2) is 36.4 Å². The third-order valence-electron chi connectivity index (χ3n) is 4.48. The van der Waals surface area contributed by atoms with Gasteiger partial charge in [-0.15, -0.1) is 11.3 Å². The second kappa shape index (κ2) is 6.90. The standard InChI is InChI=1S/C18H17BrN2O3S/c19-13-3-1-2-11(8-13)16-17(22)20-5-6-21(16)18(23)15-9-12-10-24-7-4-14(12)25-15/h1-3,8-9,16H,4-7,10H2,(H,20,22). The summed E-state index contributed by atoms with van der Waals surface area (Å²) >= 11 is 4.97. The number of amides is 2. The van der Waals surface area contributed by atoms with Gasteiger partial charge in [0.1, 0.15) is 6.04 Å². The highest BCUT2D eigenvalue weighted by molar-refractivity contribution is 9.10. The number of rotatable bonds is 2. The molecule has 1 atom stereocenters.